The summed E-state index contributed by atoms with van der Waals surface area (Å²) in [6.45, 7) is 12.9. The molecule has 5 heteroatoms. The zero-order valence-electron chi connectivity index (χ0n) is 21.0. The van der Waals surface area contributed by atoms with Crippen molar-refractivity contribution in [2.75, 3.05) is 19.6 Å². The molecule has 2 aliphatic rings. The molecular weight excluding hydrogens is 444 g/mol. The monoisotopic (exact) mass is 482 g/mol. The second-order valence-electron chi connectivity index (χ2n) is 11.1. The van der Waals surface area contributed by atoms with Crippen molar-refractivity contribution in [1.82, 2.24) is 10.2 Å². The van der Waals surface area contributed by atoms with E-state index in [1.165, 1.54) is 11.1 Å². The molecule has 0 aromatic heterocycles. The average Bonchev–Trinajstić information content (AvgIpc) is 2.80. The fraction of sp³-hybridized carbons (Fsp3) is 0.552. The van der Waals surface area contributed by atoms with Gasteiger partial charge in [0.15, 0.2) is 0 Å². The van der Waals surface area contributed by atoms with Gasteiger partial charge in [-0.3, -0.25) is 4.79 Å². The minimum atomic E-state index is -0.135. The number of phenols is 1. The van der Waals surface area contributed by atoms with Gasteiger partial charge in [-0.15, -0.1) is 0 Å². The number of phenolic OH excluding ortho intramolecular Hbond substituents is 1. The molecule has 0 amide bonds. The van der Waals surface area contributed by atoms with Gasteiger partial charge >= 0.3 is 0 Å². The van der Waals surface area contributed by atoms with Crippen molar-refractivity contribution < 1.29 is 9.90 Å². The predicted octanol–water partition coefficient (Wildman–Crippen LogP) is 5.59. The maximum Gasteiger partial charge on any atom is 0.150 e. The van der Waals surface area contributed by atoms with Crippen LogP contribution in [0, 0.1) is 17.8 Å². The van der Waals surface area contributed by atoms with Crippen LogP contribution in [0.4, 0.5) is 0 Å². The number of piperidine rings is 1. The summed E-state index contributed by atoms with van der Waals surface area (Å²) in [6, 6.07) is 13.7. The SMILES string of the molecule is CC(C)[C@H](CC(=O)[C@H]1Cc2ccc(O)cc2CN1)CN1CC[C@@](C)(c2cccc(Cl)c2)[C@@H](C)C1. The molecule has 2 aliphatic heterocycles. The van der Waals surface area contributed by atoms with Crippen LogP contribution in [0.25, 0.3) is 0 Å². The molecule has 2 N–H and O–H groups in total. The van der Waals surface area contributed by atoms with E-state index in [-0.39, 0.29) is 17.2 Å². The van der Waals surface area contributed by atoms with Crippen molar-refractivity contribution in [3.63, 3.8) is 0 Å². The molecule has 4 rings (SSSR count). The topological polar surface area (TPSA) is 52.6 Å². The first-order chi connectivity index (χ1) is 16.2. The van der Waals surface area contributed by atoms with Crippen molar-refractivity contribution in [2.45, 2.75) is 65.0 Å². The normalized spacial score (nSPS) is 26.3. The van der Waals surface area contributed by atoms with Crippen LogP contribution < -0.4 is 5.32 Å². The van der Waals surface area contributed by atoms with Crippen LogP contribution in [0.2, 0.25) is 5.02 Å². The first-order valence-electron chi connectivity index (χ1n) is 12.7. The molecule has 1 saturated heterocycles. The number of hydrogen-bond donors (Lipinski definition) is 2. The molecule has 34 heavy (non-hydrogen) atoms. The first-order valence-corrected chi connectivity index (χ1v) is 13.1. The Hall–Kier alpha value is -1.88. The van der Waals surface area contributed by atoms with E-state index < -0.39 is 0 Å². The van der Waals surface area contributed by atoms with E-state index in [0.717, 1.165) is 36.6 Å². The number of carbonyl (C=O) groups is 1. The minimum absolute atomic E-state index is 0.123. The van der Waals surface area contributed by atoms with Crippen LogP contribution in [0.15, 0.2) is 42.5 Å². The van der Waals surface area contributed by atoms with Crippen molar-refractivity contribution in [3.05, 3.63) is 64.2 Å². The van der Waals surface area contributed by atoms with Gasteiger partial charge in [0.05, 0.1) is 6.04 Å². The van der Waals surface area contributed by atoms with Gasteiger partial charge in [0, 0.05) is 31.1 Å². The lowest BCUT2D eigenvalue weighted by molar-refractivity contribution is -0.122. The van der Waals surface area contributed by atoms with E-state index in [1.807, 2.05) is 12.1 Å². The summed E-state index contributed by atoms with van der Waals surface area (Å²) in [7, 11) is 0. The number of benzene rings is 2. The third kappa shape index (κ3) is 5.50. The van der Waals surface area contributed by atoms with Crippen LogP contribution >= 0.6 is 11.6 Å². The van der Waals surface area contributed by atoms with E-state index in [0.29, 0.717) is 42.9 Å². The molecule has 184 valence electrons. The summed E-state index contributed by atoms with van der Waals surface area (Å²) in [5.41, 5.74) is 3.72. The van der Waals surface area contributed by atoms with Gasteiger partial charge in [-0.1, -0.05) is 57.5 Å². The summed E-state index contributed by atoms with van der Waals surface area (Å²) in [6.07, 6.45) is 2.41. The Balaban J connectivity index is 1.36. The van der Waals surface area contributed by atoms with E-state index in [2.05, 4.69) is 56.1 Å². The molecule has 0 radical (unpaired) electrons. The number of rotatable bonds is 7. The molecule has 2 aromatic rings. The number of fused-ring (bicyclic) bond motifs is 1. The Morgan fingerprint density at radius 1 is 1.24 bits per heavy atom. The molecular formula is C29H39ClN2O2. The standard InChI is InChI=1S/C29H39ClN2O2/c1-19(2)23(14-28(34)27-13-21-8-9-26(33)12-22(21)16-31-27)18-32-11-10-29(4,20(3)17-32)24-6-5-7-25(30)15-24/h5-9,12,15,19-20,23,27,31,33H,10-11,13-14,16-18H2,1-4H3/t20-,23+,27+,29+/m0/s1. The third-order valence-corrected chi connectivity index (χ3v) is 8.73. The second kappa shape index (κ2) is 10.4. The van der Waals surface area contributed by atoms with Gasteiger partial charge in [0.1, 0.15) is 11.5 Å². The Kier molecular flexibility index (Phi) is 7.71. The van der Waals surface area contributed by atoms with Crippen LogP contribution in [0.1, 0.15) is 57.2 Å². The Morgan fingerprint density at radius 2 is 2.03 bits per heavy atom. The smallest absolute Gasteiger partial charge is 0.150 e. The highest BCUT2D eigenvalue weighted by Gasteiger charge is 2.39. The molecule has 0 unspecified atom stereocenters. The molecule has 1 fully saturated rings. The maximum absolute atomic E-state index is 13.3. The average molecular weight is 483 g/mol. The van der Waals surface area contributed by atoms with Gasteiger partial charge in [-0.2, -0.15) is 0 Å². The summed E-state index contributed by atoms with van der Waals surface area (Å²) in [4.78, 5) is 15.8. The van der Waals surface area contributed by atoms with Crippen LogP contribution in [0.5, 0.6) is 5.75 Å². The Morgan fingerprint density at radius 3 is 2.74 bits per heavy atom. The van der Waals surface area contributed by atoms with Crippen LogP contribution in [-0.4, -0.2) is 41.5 Å². The number of aromatic hydroxyl groups is 1. The number of likely N-dealkylation sites (tertiary alicyclic amines) is 1. The van der Waals surface area contributed by atoms with E-state index in [9.17, 15) is 9.90 Å². The largest absolute Gasteiger partial charge is 0.508 e. The lowest BCUT2D eigenvalue weighted by atomic mass is 9.68. The van der Waals surface area contributed by atoms with Gasteiger partial charge in [0.2, 0.25) is 0 Å². The van der Waals surface area contributed by atoms with E-state index >= 15 is 0 Å². The Bertz CT molecular complexity index is 1020. The van der Waals surface area contributed by atoms with Gasteiger partial charge in [0.25, 0.3) is 0 Å². The number of ketones is 1. The van der Waals surface area contributed by atoms with E-state index in [1.54, 1.807) is 12.1 Å². The van der Waals surface area contributed by atoms with Crippen molar-refractivity contribution >= 4 is 17.4 Å². The number of nitrogens with zero attached hydrogens (tertiary/aromatic N) is 1. The third-order valence-electron chi connectivity index (χ3n) is 8.49. The van der Waals surface area contributed by atoms with E-state index in [4.69, 9.17) is 11.6 Å². The second-order valence-corrected chi connectivity index (χ2v) is 11.5. The summed E-state index contributed by atoms with van der Waals surface area (Å²) in [5, 5.41) is 13.9. The molecule has 0 aliphatic carbocycles. The zero-order valence-corrected chi connectivity index (χ0v) is 21.7. The van der Waals surface area contributed by atoms with Crippen molar-refractivity contribution in [3.8, 4) is 5.75 Å². The fourth-order valence-corrected chi connectivity index (χ4v) is 5.92. The molecule has 0 saturated carbocycles. The lowest BCUT2D eigenvalue weighted by Crippen LogP contribution is -2.49. The van der Waals surface area contributed by atoms with Gasteiger partial charge in [-0.05, 0) is 83.5 Å². The number of hydrogen-bond acceptors (Lipinski definition) is 4. The van der Waals surface area contributed by atoms with Crippen LogP contribution in [-0.2, 0) is 23.2 Å². The summed E-state index contributed by atoms with van der Waals surface area (Å²) < 4.78 is 0. The van der Waals surface area contributed by atoms with Crippen molar-refractivity contribution in [1.29, 1.82) is 0 Å². The number of halogens is 1. The number of nitrogens with one attached hydrogen (secondary N) is 1. The summed E-state index contributed by atoms with van der Waals surface area (Å²) >= 11 is 6.29. The zero-order chi connectivity index (χ0) is 24.5. The highest BCUT2D eigenvalue weighted by Crippen LogP contribution is 2.40. The molecule has 0 spiro atoms. The van der Waals surface area contributed by atoms with Gasteiger partial charge < -0.3 is 15.3 Å². The summed E-state index contributed by atoms with van der Waals surface area (Å²) in [5.74, 6) is 1.90. The van der Waals surface area contributed by atoms with Gasteiger partial charge in [-0.25, -0.2) is 0 Å². The minimum Gasteiger partial charge on any atom is -0.508 e. The molecule has 4 atom stereocenters. The molecule has 4 nitrogen and oxygen atoms in total. The quantitative estimate of drug-likeness (QED) is 0.540. The lowest BCUT2D eigenvalue weighted by Gasteiger charge is -2.46. The molecule has 2 heterocycles. The van der Waals surface area contributed by atoms with Crippen molar-refractivity contribution in [2.24, 2.45) is 17.8 Å². The molecule has 0 bridgehead atoms. The Labute approximate surface area is 209 Å². The number of Topliss-reactive ketones (excluding diaryl/α,β-unsaturated/α-hetero) is 1. The molecule has 2 aromatic carbocycles. The first kappa shape index (κ1) is 25.2. The predicted molar refractivity (Wildman–Crippen MR) is 139 cm³/mol. The fourth-order valence-electron chi connectivity index (χ4n) is 5.73. The highest BCUT2D eigenvalue weighted by atomic mass is 35.5. The maximum atomic E-state index is 13.3. The highest BCUT2D eigenvalue weighted by molar-refractivity contribution is 6.30. The van der Waals surface area contributed by atoms with Crippen LogP contribution in [0.3, 0.4) is 0 Å². The number of carbonyl (C=O) groups excluding carboxylic acids is 1.